The summed E-state index contributed by atoms with van der Waals surface area (Å²) >= 11 is 0. The van der Waals surface area contributed by atoms with Crippen LogP contribution in [-0.4, -0.2) is 11.6 Å². The number of esters is 1. The third-order valence-electron chi connectivity index (χ3n) is 8.23. The molecule has 0 aromatic heterocycles. The van der Waals surface area contributed by atoms with Crippen molar-refractivity contribution in [2.75, 3.05) is 10.2 Å². The molecule has 2 fully saturated rings. The molecule has 1 aliphatic carbocycles. The Morgan fingerprint density at radius 1 is 0.906 bits per heavy atom. The molecule has 4 heteroatoms. The maximum absolute atomic E-state index is 13.2. The Morgan fingerprint density at radius 3 is 2.59 bits per heavy atom. The zero-order valence-electron chi connectivity index (χ0n) is 18.0. The minimum absolute atomic E-state index is 0.207. The number of nitrogens with zero attached hydrogens (tertiary/aromatic N) is 1. The minimum Gasteiger partial charge on any atom is -0.431 e. The number of fused-ring (bicyclic) bond motifs is 5. The number of para-hydroxylation sites is 2. The van der Waals surface area contributed by atoms with Gasteiger partial charge in [0, 0.05) is 17.9 Å². The fourth-order valence-electron chi connectivity index (χ4n) is 7.11. The maximum atomic E-state index is 13.2. The van der Waals surface area contributed by atoms with Gasteiger partial charge in [0.15, 0.2) is 0 Å². The topological polar surface area (TPSA) is 41.6 Å². The van der Waals surface area contributed by atoms with Crippen molar-refractivity contribution in [2.45, 2.75) is 49.4 Å². The zero-order valence-corrected chi connectivity index (χ0v) is 18.0. The van der Waals surface area contributed by atoms with Crippen molar-refractivity contribution in [3.05, 3.63) is 95.6 Å². The summed E-state index contributed by atoms with van der Waals surface area (Å²) in [4.78, 5) is 15.6. The Morgan fingerprint density at radius 2 is 1.69 bits per heavy atom. The van der Waals surface area contributed by atoms with Crippen molar-refractivity contribution in [1.82, 2.24) is 0 Å². The second-order valence-electron chi connectivity index (χ2n) is 9.69. The predicted molar refractivity (Wildman–Crippen MR) is 125 cm³/mol. The summed E-state index contributed by atoms with van der Waals surface area (Å²) in [5.74, 6) is 0.526. The number of nitrogens with one attached hydrogen (secondary N) is 1. The van der Waals surface area contributed by atoms with Crippen molar-refractivity contribution >= 4 is 17.3 Å². The van der Waals surface area contributed by atoms with Crippen LogP contribution in [0.3, 0.4) is 0 Å². The van der Waals surface area contributed by atoms with Gasteiger partial charge in [-0.25, -0.2) is 4.79 Å². The van der Waals surface area contributed by atoms with Gasteiger partial charge in [-0.05, 0) is 48.9 Å². The maximum Gasteiger partial charge on any atom is 0.341 e. The van der Waals surface area contributed by atoms with Gasteiger partial charge in [0.25, 0.3) is 0 Å². The van der Waals surface area contributed by atoms with Gasteiger partial charge in [-0.15, -0.1) is 0 Å². The molecule has 2 spiro atoms. The van der Waals surface area contributed by atoms with E-state index in [0.29, 0.717) is 17.4 Å². The molecule has 4 aliphatic rings. The summed E-state index contributed by atoms with van der Waals surface area (Å²) in [6, 6.07) is 27.4. The standard InChI is InChI=1S/C28H26N2O2/c31-26-20-12-4-5-14-23(20)28(32-26)18-21(19-10-2-1-3-11-19)22-13-8-9-17-27(22)29-24-15-6-7-16-25(24)30(27)28/h1-7,10-12,14-16,21-22,29H,8-9,13,17-18H2/t21-,22+,27+,28?/m0/s1. The highest BCUT2D eigenvalue weighted by Gasteiger charge is 2.67. The lowest BCUT2D eigenvalue weighted by molar-refractivity contribution is -0.0663. The summed E-state index contributed by atoms with van der Waals surface area (Å²) in [7, 11) is 0. The van der Waals surface area contributed by atoms with Gasteiger partial charge in [-0.3, -0.25) is 0 Å². The highest BCUT2D eigenvalue weighted by atomic mass is 16.6. The first kappa shape index (κ1) is 18.3. The molecular formula is C28H26N2O2. The molecule has 3 aromatic rings. The molecule has 3 aromatic carbocycles. The number of piperidine rings is 1. The Hall–Kier alpha value is -3.27. The van der Waals surface area contributed by atoms with Gasteiger partial charge in [0.05, 0.1) is 16.9 Å². The van der Waals surface area contributed by atoms with Crippen molar-refractivity contribution < 1.29 is 9.53 Å². The van der Waals surface area contributed by atoms with Crippen LogP contribution in [0, 0.1) is 5.92 Å². The van der Waals surface area contributed by atoms with E-state index < -0.39 is 5.72 Å². The molecule has 32 heavy (non-hydrogen) atoms. The number of hydrogen-bond acceptors (Lipinski definition) is 4. The van der Waals surface area contributed by atoms with Gasteiger partial charge in [-0.2, -0.15) is 0 Å². The Balaban J connectivity index is 1.52. The average molecular weight is 423 g/mol. The highest BCUT2D eigenvalue weighted by molar-refractivity contribution is 5.96. The minimum atomic E-state index is -0.804. The number of carbonyl (C=O) groups excluding carboxylic acids is 1. The van der Waals surface area contributed by atoms with Crippen molar-refractivity contribution in [3.8, 4) is 0 Å². The second-order valence-corrected chi connectivity index (χ2v) is 9.69. The summed E-state index contributed by atoms with van der Waals surface area (Å²) < 4.78 is 6.47. The largest absolute Gasteiger partial charge is 0.431 e. The predicted octanol–water partition coefficient (Wildman–Crippen LogP) is 6.02. The molecule has 3 aliphatic heterocycles. The third kappa shape index (κ3) is 2.20. The van der Waals surface area contributed by atoms with E-state index in [9.17, 15) is 4.79 Å². The third-order valence-corrected chi connectivity index (χ3v) is 8.23. The molecule has 0 bridgehead atoms. The first-order chi connectivity index (χ1) is 15.7. The second kappa shape index (κ2) is 6.38. The summed E-state index contributed by atoms with van der Waals surface area (Å²) in [6.45, 7) is 0. The molecule has 4 atom stereocenters. The quantitative estimate of drug-likeness (QED) is 0.487. The van der Waals surface area contributed by atoms with Gasteiger partial charge < -0.3 is 15.0 Å². The van der Waals surface area contributed by atoms with Gasteiger partial charge in [0.1, 0.15) is 5.66 Å². The fourth-order valence-corrected chi connectivity index (χ4v) is 7.11. The lowest BCUT2D eigenvalue weighted by Gasteiger charge is -2.61. The molecule has 3 heterocycles. The van der Waals surface area contributed by atoms with E-state index >= 15 is 0 Å². The Labute approximate surface area is 188 Å². The number of ether oxygens (including phenoxy) is 1. The number of hydrogen-bond donors (Lipinski definition) is 1. The molecule has 4 nitrogen and oxygen atoms in total. The molecule has 1 saturated heterocycles. The average Bonchev–Trinajstić information content (AvgIpc) is 3.32. The lowest BCUT2D eigenvalue weighted by Crippen LogP contribution is -2.69. The van der Waals surface area contributed by atoms with E-state index in [-0.39, 0.29) is 11.6 Å². The molecule has 160 valence electrons. The van der Waals surface area contributed by atoms with E-state index in [0.717, 1.165) is 29.8 Å². The SMILES string of the molecule is O=C1OC2(C[C@@H](c3ccccc3)[C@H]3CCCC[C@]34Nc3ccccc3N24)c2ccccc21. The molecule has 1 unspecified atom stereocenters. The van der Waals surface area contributed by atoms with Crippen LogP contribution in [0.5, 0.6) is 0 Å². The zero-order chi connectivity index (χ0) is 21.3. The van der Waals surface area contributed by atoms with E-state index in [2.05, 4.69) is 70.9 Å². The number of carbonyl (C=O) groups is 1. The number of benzene rings is 3. The molecule has 1 saturated carbocycles. The smallest absolute Gasteiger partial charge is 0.341 e. The van der Waals surface area contributed by atoms with Gasteiger partial charge >= 0.3 is 5.97 Å². The molecule has 0 amide bonds. The molecule has 1 N–H and O–H groups in total. The van der Waals surface area contributed by atoms with E-state index in [4.69, 9.17) is 4.74 Å². The summed E-state index contributed by atoms with van der Waals surface area (Å²) in [5, 5.41) is 3.98. The lowest BCUT2D eigenvalue weighted by atomic mass is 9.62. The number of rotatable bonds is 1. The molecule has 7 rings (SSSR count). The summed E-state index contributed by atoms with van der Waals surface area (Å²) in [6.07, 6.45) is 5.38. The van der Waals surface area contributed by atoms with Gasteiger partial charge in [-0.1, -0.05) is 67.1 Å². The monoisotopic (exact) mass is 422 g/mol. The normalized spacial score (nSPS) is 31.9. The molecule has 0 radical (unpaired) electrons. The van der Waals surface area contributed by atoms with Crippen LogP contribution in [0.1, 0.15) is 59.5 Å². The van der Waals surface area contributed by atoms with E-state index in [1.165, 1.54) is 24.8 Å². The van der Waals surface area contributed by atoms with Crippen molar-refractivity contribution in [3.63, 3.8) is 0 Å². The van der Waals surface area contributed by atoms with Crippen molar-refractivity contribution in [1.29, 1.82) is 0 Å². The molecular weight excluding hydrogens is 396 g/mol. The van der Waals surface area contributed by atoms with Crippen LogP contribution in [0.2, 0.25) is 0 Å². The van der Waals surface area contributed by atoms with Crippen LogP contribution < -0.4 is 10.2 Å². The van der Waals surface area contributed by atoms with Crippen LogP contribution in [-0.2, 0) is 10.5 Å². The van der Waals surface area contributed by atoms with Gasteiger partial charge in [0.2, 0.25) is 5.72 Å². The van der Waals surface area contributed by atoms with E-state index in [1.807, 2.05) is 18.2 Å². The highest BCUT2D eigenvalue weighted by Crippen LogP contribution is 2.65. The first-order valence-corrected chi connectivity index (χ1v) is 11.8. The Bertz CT molecular complexity index is 1220. The van der Waals surface area contributed by atoms with Crippen molar-refractivity contribution in [2.24, 2.45) is 5.92 Å². The fraction of sp³-hybridized carbons (Fsp3) is 0.321. The summed E-state index contributed by atoms with van der Waals surface area (Å²) in [5.41, 5.74) is 4.28. The van der Waals surface area contributed by atoms with Crippen LogP contribution in [0.4, 0.5) is 11.4 Å². The van der Waals surface area contributed by atoms with Crippen LogP contribution in [0.25, 0.3) is 0 Å². The Kier molecular flexibility index (Phi) is 3.65. The van der Waals surface area contributed by atoms with E-state index in [1.54, 1.807) is 0 Å². The first-order valence-electron chi connectivity index (χ1n) is 11.8. The van der Waals surface area contributed by atoms with Crippen LogP contribution >= 0.6 is 0 Å². The number of anilines is 2. The van der Waals surface area contributed by atoms with Crippen LogP contribution in [0.15, 0.2) is 78.9 Å².